The molecular formula is C16H22N2O6. The number of aliphatic carboxylic acids is 1. The van der Waals surface area contributed by atoms with Crippen molar-refractivity contribution in [1.29, 1.82) is 0 Å². The van der Waals surface area contributed by atoms with Gasteiger partial charge in [-0.3, -0.25) is 14.9 Å². The number of unbranched alkanes of at least 4 members (excludes halogenated alkanes) is 1. The van der Waals surface area contributed by atoms with E-state index in [1.54, 1.807) is 12.1 Å². The summed E-state index contributed by atoms with van der Waals surface area (Å²) in [5.74, 6) is -1.27. The summed E-state index contributed by atoms with van der Waals surface area (Å²) < 4.78 is 5.33. The van der Waals surface area contributed by atoms with Gasteiger partial charge in [-0.15, -0.1) is 0 Å². The van der Waals surface area contributed by atoms with Gasteiger partial charge >= 0.3 is 11.7 Å². The van der Waals surface area contributed by atoms with E-state index in [2.05, 4.69) is 5.32 Å². The Morgan fingerprint density at radius 2 is 2.04 bits per heavy atom. The molecule has 8 nitrogen and oxygen atoms in total. The minimum Gasteiger partial charge on any atom is -0.487 e. The predicted octanol–water partition coefficient (Wildman–Crippen LogP) is 2.51. The topological polar surface area (TPSA) is 119 Å². The Bertz CT molecular complexity index is 575. The molecule has 8 heteroatoms. The molecular weight excluding hydrogens is 316 g/mol. The van der Waals surface area contributed by atoms with E-state index in [-0.39, 0.29) is 30.4 Å². The third-order valence-corrected chi connectivity index (χ3v) is 3.35. The Morgan fingerprint density at radius 1 is 1.33 bits per heavy atom. The van der Waals surface area contributed by atoms with Crippen LogP contribution in [0, 0.1) is 10.1 Å². The minimum atomic E-state index is -1.05. The van der Waals surface area contributed by atoms with Gasteiger partial charge in [0.05, 0.1) is 11.5 Å². The Labute approximate surface area is 140 Å². The number of ether oxygens (including phenoxy) is 1. The second kappa shape index (κ2) is 10.2. The average molecular weight is 338 g/mol. The zero-order valence-electron chi connectivity index (χ0n) is 13.6. The van der Waals surface area contributed by atoms with Gasteiger partial charge in [0, 0.05) is 12.5 Å². The smallest absolute Gasteiger partial charge is 0.326 e. The number of hydrogen-bond donors (Lipinski definition) is 2. The maximum atomic E-state index is 11.8. The molecule has 0 bridgehead atoms. The van der Waals surface area contributed by atoms with E-state index < -0.39 is 16.9 Å². The molecule has 0 radical (unpaired) electrons. The second-order valence-electron chi connectivity index (χ2n) is 5.28. The van der Waals surface area contributed by atoms with Crippen molar-refractivity contribution in [2.75, 3.05) is 6.61 Å². The summed E-state index contributed by atoms with van der Waals surface area (Å²) >= 11 is 0. The molecule has 0 spiro atoms. The number of para-hydroxylation sites is 2. The number of nitro groups is 1. The molecule has 1 unspecified atom stereocenters. The maximum Gasteiger partial charge on any atom is 0.326 e. The van der Waals surface area contributed by atoms with Crippen LogP contribution in [0.4, 0.5) is 5.69 Å². The lowest BCUT2D eigenvalue weighted by atomic mass is 10.1. The van der Waals surface area contributed by atoms with Gasteiger partial charge in [0.1, 0.15) is 6.04 Å². The van der Waals surface area contributed by atoms with E-state index in [1.807, 2.05) is 6.92 Å². The van der Waals surface area contributed by atoms with Crippen LogP contribution in [0.2, 0.25) is 0 Å². The number of carboxylic acids is 1. The molecule has 0 aromatic heterocycles. The van der Waals surface area contributed by atoms with E-state index >= 15 is 0 Å². The molecule has 1 atom stereocenters. The Hall–Kier alpha value is -2.64. The number of nitrogens with zero attached hydrogens (tertiary/aromatic N) is 1. The largest absolute Gasteiger partial charge is 0.487 e. The summed E-state index contributed by atoms with van der Waals surface area (Å²) in [7, 11) is 0. The number of amides is 1. The zero-order valence-corrected chi connectivity index (χ0v) is 13.6. The average Bonchev–Trinajstić information content (AvgIpc) is 2.55. The second-order valence-corrected chi connectivity index (χ2v) is 5.28. The summed E-state index contributed by atoms with van der Waals surface area (Å²) in [5, 5.41) is 22.4. The first-order valence-corrected chi connectivity index (χ1v) is 7.84. The van der Waals surface area contributed by atoms with Crippen LogP contribution in [0.15, 0.2) is 24.3 Å². The maximum absolute atomic E-state index is 11.8. The fraction of sp³-hybridized carbons (Fsp3) is 0.500. The molecule has 24 heavy (non-hydrogen) atoms. The summed E-state index contributed by atoms with van der Waals surface area (Å²) in [5.41, 5.74) is -0.132. The molecule has 0 saturated heterocycles. The highest BCUT2D eigenvalue weighted by molar-refractivity contribution is 5.83. The van der Waals surface area contributed by atoms with Gasteiger partial charge in [-0.05, 0) is 18.9 Å². The highest BCUT2D eigenvalue weighted by Gasteiger charge is 2.19. The fourth-order valence-corrected chi connectivity index (χ4v) is 2.08. The fourth-order valence-electron chi connectivity index (χ4n) is 2.08. The summed E-state index contributed by atoms with van der Waals surface area (Å²) in [6.07, 6.45) is 2.39. The third-order valence-electron chi connectivity index (χ3n) is 3.35. The molecule has 2 N–H and O–H groups in total. The standard InChI is InChI=1S/C16H22N2O6/c1-2-3-7-12(16(20)21)17-15(19)10-6-11-24-14-9-5-4-8-13(14)18(22)23/h4-5,8-9,12H,2-3,6-7,10-11H2,1H3,(H,17,19)(H,20,21). The van der Waals surface area contributed by atoms with Crippen molar-refractivity contribution >= 4 is 17.6 Å². The predicted molar refractivity (Wildman–Crippen MR) is 86.9 cm³/mol. The van der Waals surface area contributed by atoms with Crippen LogP contribution >= 0.6 is 0 Å². The quantitative estimate of drug-likeness (QED) is 0.363. The van der Waals surface area contributed by atoms with Gasteiger partial charge in [-0.2, -0.15) is 0 Å². The van der Waals surface area contributed by atoms with Crippen LogP contribution in [0.3, 0.4) is 0 Å². The van der Waals surface area contributed by atoms with Crippen LogP contribution in [0.25, 0.3) is 0 Å². The van der Waals surface area contributed by atoms with Gasteiger partial charge < -0.3 is 15.2 Å². The summed E-state index contributed by atoms with van der Waals surface area (Å²) in [4.78, 5) is 33.1. The number of carbonyl (C=O) groups is 2. The highest BCUT2D eigenvalue weighted by Crippen LogP contribution is 2.25. The molecule has 1 aromatic rings. The SMILES string of the molecule is CCCCC(NC(=O)CCCOc1ccccc1[N+](=O)[O-])C(=O)O. The number of benzene rings is 1. The molecule has 1 amide bonds. The van der Waals surface area contributed by atoms with Crippen LogP contribution in [0.5, 0.6) is 5.75 Å². The third kappa shape index (κ3) is 6.64. The summed E-state index contributed by atoms with van der Waals surface area (Å²) in [6.45, 7) is 2.08. The number of hydrogen-bond acceptors (Lipinski definition) is 5. The minimum absolute atomic E-state index is 0.0938. The highest BCUT2D eigenvalue weighted by atomic mass is 16.6. The Kier molecular flexibility index (Phi) is 8.24. The number of nitrogens with one attached hydrogen (secondary N) is 1. The molecule has 0 fully saturated rings. The van der Waals surface area contributed by atoms with E-state index in [1.165, 1.54) is 12.1 Å². The van der Waals surface area contributed by atoms with Gasteiger partial charge in [-0.25, -0.2) is 4.79 Å². The Morgan fingerprint density at radius 3 is 2.67 bits per heavy atom. The first-order chi connectivity index (χ1) is 11.5. The van der Waals surface area contributed by atoms with Crippen molar-refractivity contribution in [3.8, 4) is 5.75 Å². The first-order valence-electron chi connectivity index (χ1n) is 7.84. The molecule has 0 heterocycles. The molecule has 1 aromatic carbocycles. The van der Waals surface area contributed by atoms with Gasteiger partial charge in [-0.1, -0.05) is 31.9 Å². The van der Waals surface area contributed by atoms with Crippen molar-refractivity contribution in [2.45, 2.75) is 45.1 Å². The molecule has 0 aliphatic rings. The van der Waals surface area contributed by atoms with Crippen molar-refractivity contribution in [2.24, 2.45) is 0 Å². The molecule has 0 aliphatic heterocycles. The summed E-state index contributed by atoms with van der Waals surface area (Å²) in [6, 6.07) is 5.12. The van der Waals surface area contributed by atoms with Gasteiger partial charge in [0.2, 0.25) is 5.91 Å². The number of carbonyl (C=O) groups excluding carboxylic acids is 1. The van der Waals surface area contributed by atoms with Gasteiger partial charge in [0.25, 0.3) is 0 Å². The van der Waals surface area contributed by atoms with Gasteiger partial charge in [0.15, 0.2) is 5.75 Å². The number of carboxylic acid groups (broad SMARTS) is 1. The lowest BCUT2D eigenvalue weighted by molar-refractivity contribution is -0.385. The van der Waals surface area contributed by atoms with Crippen molar-refractivity contribution in [1.82, 2.24) is 5.32 Å². The van der Waals surface area contributed by atoms with E-state index in [4.69, 9.17) is 9.84 Å². The van der Waals surface area contributed by atoms with E-state index in [9.17, 15) is 19.7 Å². The molecule has 0 aliphatic carbocycles. The first kappa shape index (κ1) is 19.4. The lowest BCUT2D eigenvalue weighted by Gasteiger charge is -2.14. The van der Waals surface area contributed by atoms with Crippen molar-refractivity contribution < 1.29 is 24.4 Å². The number of nitro benzene ring substituents is 1. The van der Waals surface area contributed by atoms with Crippen molar-refractivity contribution in [3.05, 3.63) is 34.4 Å². The normalized spacial score (nSPS) is 11.5. The zero-order chi connectivity index (χ0) is 17.9. The molecule has 0 saturated carbocycles. The van der Waals surface area contributed by atoms with Crippen LogP contribution < -0.4 is 10.1 Å². The molecule has 1 rings (SSSR count). The van der Waals surface area contributed by atoms with Crippen molar-refractivity contribution in [3.63, 3.8) is 0 Å². The Balaban J connectivity index is 2.38. The monoisotopic (exact) mass is 338 g/mol. The van der Waals surface area contributed by atoms with Crippen LogP contribution in [-0.2, 0) is 9.59 Å². The van der Waals surface area contributed by atoms with Crippen LogP contribution in [0.1, 0.15) is 39.0 Å². The van der Waals surface area contributed by atoms with E-state index in [0.717, 1.165) is 12.8 Å². The number of rotatable bonds is 11. The lowest BCUT2D eigenvalue weighted by Crippen LogP contribution is -2.40. The molecule has 132 valence electrons. The van der Waals surface area contributed by atoms with Crippen LogP contribution in [-0.4, -0.2) is 34.6 Å². The van der Waals surface area contributed by atoms with E-state index in [0.29, 0.717) is 12.8 Å².